The van der Waals surface area contributed by atoms with Crippen molar-refractivity contribution in [3.63, 3.8) is 0 Å². The number of piperazine rings is 1. The van der Waals surface area contributed by atoms with Crippen LogP contribution in [0.3, 0.4) is 0 Å². The minimum atomic E-state index is -4.71. The Balaban J connectivity index is 1.68. The van der Waals surface area contributed by atoms with Crippen LogP contribution in [0, 0.1) is 0 Å². The van der Waals surface area contributed by atoms with Crippen LogP contribution in [0.2, 0.25) is 0 Å². The van der Waals surface area contributed by atoms with Crippen LogP contribution in [0.5, 0.6) is 0 Å². The third-order valence-electron chi connectivity index (χ3n) is 5.07. The standard InChI is InChI=1S/C20H21F3N4O3/c1-13(27-18(29)8-7-17(24-27)20(21,22)23)19(30)26-11-9-25(10-12-26)16-5-3-15(4-6-16)14(2)28/h3-8,13H,9-12H2,1-2H3. The zero-order valence-corrected chi connectivity index (χ0v) is 16.5. The monoisotopic (exact) mass is 422 g/mol. The van der Waals surface area contributed by atoms with E-state index in [0.29, 0.717) is 42.5 Å². The Kier molecular flexibility index (Phi) is 5.95. The molecular weight excluding hydrogens is 401 g/mol. The van der Waals surface area contributed by atoms with Crippen LogP contribution in [-0.4, -0.2) is 52.5 Å². The molecule has 1 aliphatic heterocycles. The van der Waals surface area contributed by atoms with Gasteiger partial charge in [0, 0.05) is 43.5 Å². The molecule has 1 amide bonds. The van der Waals surface area contributed by atoms with E-state index in [1.807, 2.05) is 17.0 Å². The predicted octanol–water partition coefficient (Wildman–Crippen LogP) is 2.37. The molecule has 0 radical (unpaired) electrons. The Morgan fingerprint density at radius 1 is 1.00 bits per heavy atom. The number of halogens is 3. The third kappa shape index (κ3) is 4.52. The Labute approximate surface area is 170 Å². The number of carbonyl (C=O) groups is 2. The summed E-state index contributed by atoms with van der Waals surface area (Å²) in [4.78, 5) is 39.7. The maximum absolute atomic E-state index is 12.9. The zero-order chi connectivity index (χ0) is 22.1. The second kappa shape index (κ2) is 8.29. The highest BCUT2D eigenvalue weighted by Gasteiger charge is 2.34. The summed E-state index contributed by atoms with van der Waals surface area (Å²) in [5.74, 6) is -0.486. The summed E-state index contributed by atoms with van der Waals surface area (Å²) in [6, 6.07) is 7.37. The first-order valence-electron chi connectivity index (χ1n) is 9.39. The van der Waals surface area contributed by atoms with Gasteiger partial charge in [0.15, 0.2) is 11.5 Å². The summed E-state index contributed by atoms with van der Waals surface area (Å²) in [6.45, 7) is 4.59. The summed E-state index contributed by atoms with van der Waals surface area (Å²) < 4.78 is 39.3. The van der Waals surface area contributed by atoms with Crippen LogP contribution < -0.4 is 10.5 Å². The Morgan fingerprint density at radius 3 is 2.13 bits per heavy atom. The molecule has 1 atom stereocenters. The minimum Gasteiger partial charge on any atom is -0.368 e. The van der Waals surface area contributed by atoms with E-state index in [0.717, 1.165) is 11.8 Å². The molecule has 1 aromatic heterocycles. The number of aromatic nitrogens is 2. The number of rotatable bonds is 4. The highest BCUT2D eigenvalue weighted by molar-refractivity contribution is 5.94. The summed E-state index contributed by atoms with van der Waals surface area (Å²) in [5, 5.41) is 3.34. The molecule has 0 bridgehead atoms. The van der Waals surface area contributed by atoms with E-state index in [9.17, 15) is 27.6 Å². The van der Waals surface area contributed by atoms with Crippen molar-refractivity contribution in [1.29, 1.82) is 0 Å². The highest BCUT2D eigenvalue weighted by atomic mass is 19.4. The molecule has 1 saturated heterocycles. The second-order valence-corrected chi connectivity index (χ2v) is 7.09. The number of alkyl halides is 3. The summed E-state index contributed by atoms with van der Waals surface area (Å²) in [7, 11) is 0. The molecule has 2 aromatic rings. The van der Waals surface area contributed by atoms with Gasteiger partial charge in [-0.25, -0.2) is 4.68 Å². The molecule has 7 nitrogen and oxygen atoms in total. The first-order chi connectivity index (χ1) is 14.1. The molecule has 1 aliphatic rings. The van der Waals surface area contributed by atoms with Crippen molar-refractivity contribution in [3.8, 4) is 0 Å². The van der Waals surface area contributed by atoms with Crippen molar-refractivity contribution in [1.82, 2.24) is 14.7 Å². The van der Waals surface area contributed by atoms with Gasteiger partial charge in [0.1, 0.15) is 6.04 Å². The maximum Gasteiger partial charge on any atom is 0.435 e. The van der Waals surface area contributed by atoms with Gasteiger partial charge in [0.05, 0.1) is 0 Å². The normalized spacial score (nSPS) is 15.8. The first-order valence-corrected chi connectivity index (χ1v) is 9.39. The maximum atomic E-state index is 12.9. The van der Waals surface area contributed by atoms with E-state index in [1.165, 1.54) is 18.7 Å². The molecule has 10 heteroatoms. The number of anilines is 1. The van der Waals surface area contributed by atoms with Crippen molar-refractivity contribution >= 4 is 17.4 Å². The van der Waals surface area contributed by atoms with Gasteiger partial charge >= 0.3 is 6.18 Å². The number of hydrogen-bond donors (Lipinski definition) is 0. The van der Waals surface area contributed by atoms with Gasteiger partial charge in [0.2, 0.25) is 5.91 Å². The Morgan fingerprint density at radius 2 is 1.60 bits per heavy atom. The summed E-state index contributed by atoms with van der Waals surface area (Å²) >= 11 is 0. The van der Waals surface area contributed by atoms with E-state index in [-0.39, 0.29) is 5.78 Å². The lowest BCUT2D eigenvalue weighted by Gasteiger charge is -2.37. The van der Waals surface area contributed by atoms with Crippen LogP contribution in [0.15, 0.2) is 41.2 Å². The molecule has 1 aromatic carbocycles. The topological polar surface area (TPSA) is 75.5 Å². The fraction of sp³-hybridized carbons (Fsp3) is 0.400. The fourth-order valence-corrected chi connectivity index (χ4v) is 3.31. The Bertz CT molecular complexity index is 994. The number of hydrogen-bond acceptors (Lipinski definition) is 5. The largest absolute Gasteiger partial charge is 0.435 e. The predicted molar refractivity (Wildman–Crippen MR) is 103 cm³/mol. The first kappa shape index (κ1) is 21.5. The van der Waals surface area contributed by atoms with E-state index < -0.39 is 29.4 Å². The van der Waals surface area contributed by atoms with Crippen molar-refractivity contribution in [2.24, 2.45) is 0 Å². The molecule has 0 saturated carbocycles. The van der Waals surface area contributed by atoms with E-state index in [4.69, 9.17) is 0 Å². The quantitative estimate of drug-likeness (QED) is 0.708. The number of amides is 1. The molecular formula is C20H21F3N4O3. The van der Waals surface area contributed by atoms with Gasteiger partial charge in [-0.2, -0.15) is 18.3 Å². The second-order valence-electron chi connectivity index (χ2n) is 7.09. The smallest absolute Gasteiger partial charge is 0.368 e. The van der Waals surface area contributed by atoms with Crippen LogP contribution in [0.25, 0.3) is 0 Å². The van der Waals surface area contributed by atoms with Crippen molar-refractivity contribution in [2.75, 3.05) is 31.1 Å². The molecule has 1 fully saturated rings. The van der Waals surface area contributed by atoms with Crippen molar-refractivity contribution in [3.05, 3.63) is 58.0 Å². The highest BCUT2D eigenvalue weighted by Crippen LogP contribution is 2.27. The number of carbonyl (C=O) groups excluding carboxylic acids is 2. The molecule has 3 rings (SSSR count). The van der Waals surface area contributed by atoms with E-state index >= 15 is 0 Å². The molecule has 0 aliphatic carbocycles. The lowest BCUT2D eigenvalue weighted by Crippen LogP contribution is -2.51. The van der Waals surface area contributed by atoms with Gasteiger partial charge in [-0.15, -0.1) is 0 Å². The van der Waals surface area contributed by atoms with Crippen molar-refractivity contribution < 1.29 is 22.8 Å². The lowest BCUT2D eigenvalue weighted by atomic mass is 10.1. The average Bonchev–Trinajstić information content (AvgIpc) is 2.72. The van der Waals surface area contributed by atoms with E-state index in [2.05, 4.69) is 5.10 Å². The molecule has 1 unspecified atom stereocenters. The van der Waals surface area contributed by atoms with Crippen LogP contribution in [0.1, 0.15) is 35.9 Å². The van der Waals surface area contributed by atoms with Gasteiger partial charge < -0.3 is 9.80 Å². The van der Waals surface area contributed by atoms with Crippen LogP contribution in [0.4, 0.5) is 18.9 Å². The van der Waals surface area contributed by atoms with Crippen LogP contribution >= 0.6 is 0 Å². The molecule has 160 valence electrons. The third-order valence-corrected chi connectivity index (χ3v) is 5.07. The van der Waals surface area contributed by atoms with Gasteiger partial charge in [-0.1, -0.05) is 0 Å². The fourth-order valence-electron chi connectivity index (χ4n) is 3.31. The SMILES string of the molecule is CC(=O)c1ccc(N2CCN(C(=O)C(C)n3nc(C(F)(F)F)ccc3=O)CC2)cc1. The number of ketones is 1. The molecule has 0 spiro atoms. The number of Topliss-reactive ketones (excluding diaryl/α,β-unsaturated/α-hetero) is 1. The van der Waals surface area contributed by atoms with E-state index in [1.54, 1.807) is 12.1 Å². The molecule has 0 N–H and O–H groups in total. The molecule has 30 heavy (non-hydrogen) atoms. The summed E-state index contributed by atoms with van der Waals surface area (Å²) in [5.41, 5.74) is -0.468. The summed E-state index contributed by atoms with van der Waals surface area (Å²) in [6.07, 6.45) is -4.71. The lowest BCUT2D eigenvalue weighted by molar-refractivity contribution is -0.143. The zero-order valence-electron chi connectivity index (χ0n) is 16.5. The number of benzene rings is 1. The molecule has 2 heterocycles. The minimum absolute atomic E-state index is 0.0237. The van der Waals surface area contributed by atoms with Gasteiger partial charge in [-0.05, 0) is 44.2 Å². The average molecular weight is 422 g/mol. The number of nitrogens with zero attached hydrogens (tertiary/aromatic N) is 4. The van der Waals surface area contributed by atoms with Gasteiger partial charge in [-0.3, -0.25) is 14.4 Å². The van der Waals surface area contributed by atoms with Crippen LogP contribution in [-0.2, 0) is 11.0 Å². The Hall–Kier alpha value is -3.17. The van der Waals surface area contributed by atoms with Crippen molar-refractivity contribution in [2.45, 2.75) is 26.1 Å². The van der Waals surface area contributed by atoms with Gasteiger partial charge in [0.25, 0.3) is 5.56 Å².